The lowest BCUT2D eigenvalue weighted by molar-refractivity contribution is -0.132. The van der Waals surface area contributed by atoms with E-state index in [1.165, 1.54) is 0 Å². The number of nitriles is 1. The van der Waals surface area contributed by atoms with Crippen molar-refractivity contribution in [3.8, 4) is 6.07 Å². The molecule has 0 aliphatic carbocycles. The zero-order valence-corrected chi connectivity index (χ0v) is 16.9. The van der Waals surface area contributed by atoms with E-state index >= 15 is 0 Å². The second kappa shape index (κ2) is 10.1. The average Bonchev–Trinajstić information content (AvgIpc) is 2.68. The topological polar surface area (TPSA) is 94.5 Å². The maximum Gasteiger partial charge on any atom is 0.408 e. The largest absolute Gasteiger partial charge is 0.436 e. The van der Waals surface area contributed by atoms with Crippen LogP contribution in [0, 0.1) is 17.2 Å². The van der Waals surface area contributed by atoms with Crippen molar-refractivity contribution in [2.45, 2.75) is 51.3 Å². The van der Waals surface area contributed by atoms with Crippen LogP contribution in [0.5, 0.6) is 0 Å². The van der Waals surface area contributed by atoms with E-state index in [9.17, 15) is 14.9 Å². The van der Waals surface area contributed by atoms with Crippen LogP contribution in [0.15, 0.2) is 30.3 Å². The molecule has 2 N–H and O–H groups in total. The Morgan fingerprint density at radius 3 is 2.46 bits per heavy atom. The van der Waals surface area contributed by atoms with Gasteiger partial charge in [0.1, 0.15) is 5.54 Å². The summed E-state index contributed by atoms with van der Waals surface area (Å²) in [4.78, 5) is 27.2. The number of ether oxygens (including phenoxy) is 1. The predicted molar refractivity (Wildman–Crippen MR) is 106 cm³/mol. The fourth-order valence-corrected chi connectivity index (χ4v) is 3.16. The molecule has 0 aromatic heterocycles. The number of nitrogens with one attached hydrogen (secondary N) is 2. The number of nitrogens with zero attached hydrogens (tertiary/aromatic N) is 2. The van der Waals surface area contributed by atoms with Gasteiger partial charge in [0.2, 0.25) is 0 Å². The number of hydrogen-bond acceptors (Lipinski definition) is 5. The molecule has 0 spiro atoms. The molecule has 1 fully saturated rings. The highest BCUT2D eigenvalue weighted by atomic mass is 16.6. The van der Waals surface area contributed by atoms with Crippen LogP contribution in [0.25, 0.3) is 0 Å². The normalized spacial score (nSPS) is 17.4. The first kappa shape index (κ1) is 21.7. The molecule has 0 bridgehead atoms. The molecular formula is C21H30N4O3. The maximum atomic E-state index is 12.8. The number of rotatable bonds is 7. The van der Waals surface area contributed by atoms with E-state index in [4.69, 9.17) is 4.74 Å². The van der Waals surface area contributed by atoms with Gasteiger partial charge in [-0.2, -0.15) is 5.26 Å². The molecule has 0 radical (unpaired) electrons. The Morgan fingerprint density at radius 1 is 1.25 bits per heavy atom. The summed E-state index contributed by atoms with van der Waals surface area (Å²) in [5.41, 5.74) is 0.0435. The van der Waals surface area contributed by atoms with E-state index in [0.717, 1.165) is 18.7 Å². The van der Waals surface area contributed by atoms with Crippen LogP contribution >= 0.6 is 0 Å². The Labute approximate surface area is 167 Å². The number of alkyl carbamates (subject to hydrolysis) is 1. The molecule has 1 atom stereocenters. The molecule has 0 saturated carbocycles. The summed E-state index contributed by atoms with van der Waals surface area (Å²) in [6, 6.07) is 11.7. The number of amides is 2. The third-order valence-electron chi connectivity index (χ3n) is 4.92. The summed E-state index contributed by atoms with van der Waals surface area (Å²) in [6.45, 7) is 5.72. The van der Waals surface area contributed by atoms with Crippen LogP contribution in [0.3, 0.4) is 0 Å². The molecule has 1 aromatic rings. The predicted octanol–water partition coefficient (Wildman–Crippen LogP) is 2.43. The van der Waals surface area contributed by atoms with Crippen LogP contribution < -0.4 is 10.6 Å². The quantitative estimate of drug-likeness (QED) is 0.751. The van der Waals surface area contributed by atoms with Gasteiger partial charge in [-0.1, -0.05) is 44.2 Å². The van der Waals surface area contributed by atoms with Gasteiger partial charge in [0.05, 0.1) is 6.07 Å². The van der Waals surface area contributed by atoms with Crippen LogP contribution in [-0.4, -0.2) is 48.7 Å². The fourth-order valence-electron chi connectivity index (χ4n) is 3.16. The Morgan fingerprint density at radius 2 is 1.89 bits per heavy atom. The first-order valence-corrected chi connectivity index (χ1v) is 9.74. The molecule has 2 rings (SSSR count). The van der Waals surface area contributed by atoms with Crippen molar-refractivity contribution in [2.75, 3.05) is 20.1 Å². The van der Waals surface area contributed by atoms with Crippen LogP contribution in [-0.2, 0) is 16.1 Å². The molecule has 1 saturated heterocycles. The van der Waals surface area contributed by atoms with Gasteiger partial charge in [0, 0.05) is 19.6 Å². The lowest BCUT2D eigenvalue weighted by Gasteiger charge is -2.36. The van der Waals surface area contributed by atoms with Crippen molar-refractivity contribution in [2.24, 2.45) is 5.92 Å². The van der Waals surface area contributed by atoms with Gasteiger partial charge in [-0.25, -0.2) is 4.79 Å². The van der Waals surface area contributed by atoms with Crippen molar-refractivity contribution >= 4 is 12.0 Å². The fraction of sp³-hybridized carbons (Fsp3) is 0.571. The van der Waals surface area contributed by atoms with Gasteiger partial charge < -0.3 is 20.3 Å². The van der Waals surface area contributed by atoms with Crippen molar-refractivity contribution in [1.82, 2.24) is 15.5 Å². The van der Waals surface area contributed by atoms with Crippen LogP contribution in [0.1, 0.15) is 38.7 Å². The Hall–Kier alpha value is -2.59. The standard InChI is InChI=1S/C21H30N4O3/c1-16(2)13-18(28-20(27)23-14-17-7-5-4-6-8-17)19(26)24-21(15-22)9-11-25(3)12-10-21/h4-8,16,18H,9-14H2,1-3H3,(H,23,27)(H,24,26)/t18-/m0/s1. The molecular weight excluding hydrogens is 356 g/mol. The first-order chi connectivity index (χ1) is 13.3. The minimum Gasteiger partial charge on any atom is -0.436 e. The van der Waals surface area contributed by atoms with Crippen LogP contribution in [0.2, 0.25) is 0 Å². The molecule has 7 nitrogen and oxygen atoms in total. The molecule has 0 unspecified atom stereocenters. The lowest BCUT2D eigenvalue weighted by atomic mass is 9.88. The van der Waals surface area contributed by atoms with Crippen molar-refractivity contribution in [1.29, 1.82) is 5.26 Å². The molecule has 1 heterocycles. The number of piperidine rings is 1. The Balaban J connectivity index is 1.96. The number of hydrogen-bond donors (Lipinski definition) is 2. The van der Waals surface area contributed by atoms with E-state index in [1.54, 1.807) is 0 Å². The van der Waals surface area contributed by atoms with Gasteiger partial charge in [-0.3, -0.25) is 4.79 Å². The molecule has 1 aliphatic rings. The number of carbonyl (C=O) groups is 2. The molecule has 2 amide bonds. The molecule has 28 heavy (non-hydrogen) atoms. The van der Waals surface area contributed by atoms with Gasteiger partial charge in [-0.05, 0) is 37.8 Å². The average molecular weight is 386 g/mol. The van der Waals surface area contributed by atoms with E-state index in [0.29, 0.717) is 25.8 Å². The minimum absolute atomic E-state index is 0.160. The summed E-state index contributed by atoms with van der Waals surface area (Å²) in [7, 11) is 1.99. The van der Waals surface area contributed by atoms with Crippen molar-refractivity contribution in [3.05, 3.63) is 35.9 Å². The third-order valence-corrected chi connectivity index (χ3v) is 4.92. The van der Waals surface area contributed by atoms with Crippen molar-refractivity contribution in [3.63, 3.8) is 0 Å². The third kappa shape index (κ3) is 6.54. The summed E-state index contributed by atoms with van der Waals surface area (Å²) >= 11 is 0. The van der Waals surface area contributed by atoms with E-state index in [1.807, 2.05) is 51.2 Å². The number of carbonyl (C=O) groups excluding carboxylic acids is 2. The zero-order chi connectivity index (χ0) is 20.6. The summed E-state index contributed by atoms with van der Waals surface area (Å²) < 4.78 is 5.42. The highest BCUT2D eigenvalue weighted by molar-refractivity contribution is 5.84. The highest BCUT2D eigenvalue weighted by Gasteiger charge is 2.38. The van der Waals surface area contributed by atoms with Gasteiger partial charge in [0.25, 0.3) is 5.91 Å². The molecule has 1 aliphatic heterocycles. The molecule has 7 heteroatoms. The number of benzene rings is 1. The second-order valence-electron chi connectivity index (χ2n) is 7.85. The smallest absolute Gasteiger partial charge is 0.408 e. The minimum atomic E-state index is -0.930. The lowest BCUT2D eigenvalue weighted by Crippen LogP contribution is -2.56. The van der Waals surface area contributed by atoms with E-state index < -0.39 is 23.6 Å². The summed E-state index contributed by atoms with van der Waals surface area (Å²) in [5.74, 6) is -0.247. The van der Waals surface area contributed by atoms with Crippen LogP contribution in [0.4, 0.5) is 4.79 Å². The van der Waals surface area contributed by atoms with Gasteiger partial charge >= 0.3 is 6.09 Å². The monoisotopic (exact) mass is 386 g/mol. The molecule has 1 aromatic carbocycles. The zero-order valence-electron chi connectivity index (χ0n) is 16.9. The van der Waals surface area contributed by atoms with E-state index in [-0.39, 0.29) is 5.92 Å². The summed E-state index contributed by atoms with van der Waals surface area (Å²) in [6.07, 6.45) is -0.0631. The number of likely N-dealkylation sites (tertiary alicyclic amines) is 1. The van der Waals surface area contributed by atoms with Gasteiger partial charge in [-0.15, -0.1) is 0 Å². The maximum absolute atomic E-state index is 12.8. The Kier molecular flexibility index (Phi) is 7.82. The SMILES string of the molecule is CC(C)C[C@H](OC(=O)NCc1ccccc1)C(=O)NC1(C#N)CCN(C)CC1. The summed E-state index contributed by atoms with van der Waals surface area (Å²) in [5, 5.41) is 15.2. The van der Waals surface area contributed by atoms with Gasteiger partial charge in [0.15, 0.2) is 6.10 Å². The highest BCUT2D eigenvalue weighted by Crippen LogP contribution is 2.22. The Bertz CT molecular complexity index is 691. The van der Waals surface area contributed by atoms with E-state index in [2.05, 4.69) is 21.6 Å². The molecule has 152 valence electrons. The first-order valence-electron chi connectivity index (χ1n) is 9.74. The second-order valence-corrected chi connectivity index (χ2v) is 7.85. The van der Waals surface area contributed by atoms with Crippen molar-refractivity contribution < 1.29 is 14.3 Å².